The first-order valence-electron chi connectivity index (χ1n) is 8.65. The summed E-state index contributed by atoms with van der Waals surface area (Å²) in [6, 6.07) is 0. The topological polar surface area (TPSA) is 92.7 Å². The molecule has 0 unspecified atom stereocenters. The Labute approximate surface area is 150 Å². The molecule has 0 spiro atoms. The molecule has 1 amide bonds. The van der Waals surface area contributed by atoms with Crippen molar-refractivity contribution >= 4 is 34.2 Å². The zero-order valence-electron chi connectivity index (χ0n) is 14.6. The number of carbonyl (C=O) groups is 3. The largest absolute Gasteiger partial charge is 0.481 e. The summed E-state index contributed by atoms with van der Waals surface area (Å²) in [6.07, 6.45) is 2.60. The summed E-state index contributed by atoms with van der Waals surface area (Å²) in [7, 11) is 0. The van der Waals surface area contributed by atoms with Gasteiger partial charge in [0.25, 0.3) is 0 Å². The number of thiophene rings is 1. The van der Waals surface area contributed by atoms with E-state index in [0.29, 0.717) is 10.6 Å². The molecular weight excluding hydrogens is 342 g/mol. The third-order valence-electron chi connectivity index (χ3n) is 5.61. The van der Waals surface area contributed by atoms with Crippen molar-refractivity contribution in [3.8, 4) is 0 Å². The van der Waals surface area contributed by atoms with Crippen LogP contribution in [-0.4, -0.2) is 29.6 Å². The van der Waals surface area contributed by atoms with Crippen molar-refractivity contribution < 1.29 is 24.2 Å². The van der Waals surface area contributed by atoms with Crippen LogP contribution in [0.3, 0.4) is 0 Å². The van der Waals surface area contributed by atoms with Gasteiger partial charge >= 0.3 is 11.9 Å². The molecule has 136 valence electrons. The molecule has 1 heterocycles. The molecule has 2 aliphatic rings. The van der Waals surface area contributed by atoms with Crippen LogP contribution in [0.5, 0.6) is 0 Å². The van der Waals surface area contributed by atoms with E-state index < -0.39 is 23.8 Å². The summed E-state index contributed by atoms with van der Waals surface area (Å²) >= 11 is 1.33. The Morgan fingerprint density at radius 1 is 1.20 bits per heavy atom. The van der Waals surface area contributed by atoms with Crippen LogP contribution in [0.2, 0.25) is 0 Å². The van der Waals surface area contributed by atoms with E-state index in [1.165, 1.54) is 11.3 Å². The number of fused-ring (bicyclic) bond motifs is 2. The SMILES string of the molecule is CCOC(=O)c1c(NC(=O)[C@@H]2[C@@H]3CC[C@@H](C3)[C@@H]2C(=O)O)sc(C)c1C. The Morgan fingerprint density at radius 3 is 2.44 bits per heavy atom. The minimum Gasteiger partial charge on any atom is -0.481 e. The molecule has 0 saturated heterocycles. The molecule has 2 N–H and O–H groups in total. The van der Waals surface area contributed by atoms with E-state index in [2.05, 4.69) is 5.32 Å². The van der Waals surface area contributed by atoms with Gasteiger partial charge in [0.1, 0.15) is 5.00 Å². The summed E-state index contributed by atoms with van der Waals surface area (Å²) < 4.78 is 5.10. The van der Waals surface area contributed by atoms with E-state index in [-0.39, 0.29) is 24.3 Å². The van der Waals surface area contributed by atoms with Gasteiger partial charge in [-0.15, -0.1) is 11.3 Å². The molecule has 0 aromatic carbocycles. The van der Waals surface area contributed by atoms with E-state index in [0.717, 1.165) is 29.7 Å². The second-order valence-corrected chi connectivity index (χ2v) is 8.14. The van der Waals surface area contributed by atoms with Crippen molar-refractivity contribution in [2.75, 3.05) is 11.9 Å². The molecule has 2 fully saturated rings. The Morgan fingerprint density at radius 2 is 1.84 bits per heavy atom. The maximum Gasteiger partial charge on any atom is 0.341 e. The fourth-order valence-corrected chi connectivity index (χ4v) is 5.43. The van der Waals surface area contributed by atoms with Crippen molar-refractivity contribution in [3.63, 3.8) is 0 Å². The van der Waals surface area contributed by atoms with Crippen molar-refractivity contribution in [1.82, 2.24) is 0 Å². The standard InChI is InChI=1S/C18H23NO5S/c1-4-24-18(23)12-8(2)9(3)25-16(12)19-15(20)13-10-5-6-11(7-10)14(13)17(21)22/h10-11,13-14H,4-7H2,1-3H3,(H,19,20)(H,21,22)/t10-,11+,13-,14+/m1/s1. The highest BCUT2D eigenvalue weighted by Gasteiger charge is 2.54. The third kappa shape index (κ3) is 3.05. The van der Waals surface area contributed by atoms with Crippen molar-refractivity contribution in [2.24, 2.45) is 23.7 Å². The van der Waals surface area contributed by atoms with Crippen LogP contribution in [0, 0.1) is 37.5 Å². The molecule has 0 radical (unpaired) electrons. The van der Waals surface area contributed by atoms with Gasteiger partial charge in [-0.2, -0.15) is 0 Å². The van der Waals surface area contributed by atoms with Crippen molar-refractivity contribution in [1.29, 1.82) is 0 Å². The van der Waals surface area contributed by atoms with E-state index >= 15 is 0 Å². The van der Waals surface area contributed by atoms with Gasteiger partial charge in [-0.3, -0.25) is 9.59 Å². The Balaban J connectivity index is 1.85. The molecule has 2 aliphatic carbocycles. The first-order valence-corrected chi connectivity index (χ1v) is 9.47. The molecule has 7 heteroatoms. The average molecular weight is 365 g/mol. The van der Waals surface area contributed by atoms with Crippen LogP contribution in [-0.2, 0) is 14.3 Å². The van der Waals surface area contributed by atoms with Gasteiger partial charge in [-0.25, -0.2) is 4.79 Å². The highest BCUT2D eigenvalue weighted by molar-refractivity contribution is 7.16. The van der Waals surface area contributed by atoms with Crippen LogP contribution >= 0.6 is 11.3 Å². The van der Waals surface area contributed by atoms with Crippen molar-refractivity contribution in [3.05, 3.63) is 16.0 Å². The lowest BCUT2D eigenvalue weighted by Gasteiger charge is -2.26. The number of esters is 1. The minimum atomic E-state index is -0.892. The van der Waals surface area contributed by atoms with Gasteiger partial charge in [-0.1, -0.05) is 0 Å². The monoisotopic (exact) mass is 365 g/mol. The van der Waals surface area contributed by atoms with Crippen LogP contribution in [0.1, 0.15) is 47.0 Å². The van der Waals surface area contributed by atoms with E-state index in [9.17, 15) is 19.5 Å². The molecule has 1 aromatic rings. The lowest BCUT2D eigenvalue weighted by molar-refractivity contribution is -0.148. The lowest BCUT2D eigenvalue weighted by Crippen LogP contribution is -2.38. The fraction of sp³-hybridized carbons (Fsp3) is 0.611. The number of nitrogens with one attached hydrogen (secondary N) is 1. The maximum absolute atomic E-state index is 12.9. The lowest BCUT2D eigenvalue weighted by atomic mass is 9.79. The fourth-order valence-electron chi connectivity index (χ4n) is 4.38. The second-order valence-electron chi connectivity index (χ2n) is 6.92. The number of carboxylic acid groups (broad SMARTS) is 1. The smallest absolute Gasteiger partial charge is 0.341 e. The molecule has 2 bridgehead atoms. The number of ether oxygens (including phenoxy) is 1. The number of anilines is 1. The van der Waals surface area contributed by atoms with Crippen LogP contribution in [0.4, 0.5) is 5.00 Å². The number of hydrogen-bond donors (Lipinski definition) is 2. The molecular formula is C18H23NO5S. The van der Waals surface area contributed by atoms with Gasteiger partial charge in [0.15, 0.2) is 0 Å². The third-order valence-corrected chi connectivity index (χ3v) is 6.73. The molecule has 3 rings (SSSR count). The molecule has 1 aromatic heterocycles. The first kappa shape index (κ1) is 17.9. The molecule has 0 aliphatic heterocycles. The molecule has 25 heavy (non-hydrogen) atoms. The number of rotatable bonds is 5. The van der Waals surface area contributed by atoms with Crippen LogP contribution in [0.15, 0.2) is 0 Å². The number of carbonyl (C=O) groups excluding carboxylic acids is 2. The van der Waals surface area contributed by atoms with Crippen molar-refractivity contribution in [2.45, 2.75) is 40.0 Å². The average Bonchev–Trinajstić information content (AvgIpc) is 3.21. The zero-order chi connectivity index (χ0) is 18.3. The summed E-state index contributed by atoms with van der Waals surface area (Å²) in [6.45, 7) is 5.70. The van der Waals surface area contributed by atoms with Gasteiger partial charge in [0, 0.05) is 4.88 Å². The van der Waals surface area contributed by atoms with Gasteiger partial charge < -0.3 is 15.2 Å². The maximum atomic E-state index is 12.9. The predicted molar refractivity (Wildman–Crippen MR) is 93.8 cm³/mol. The quantitative estimate of drug-likeness (QED) is 0.782. The summed E-state index contributed by atoms with van der Waals surface area (Å²) in [5.41, 5.74) is 1.18. The van der Waals surface area contributed by atoms with Gasteiger partial charge in [0.2, 0.25) is 5.91 Å². The Hall–Kier alpha value is -1.89. The first-order chi connectivity index (χ1) is 11.8. The summed E-state index contributed by atoms with van der Waals surface area (Å²) in [4.78, 5) is 37.7. The highest BCUT2D eigenvalue weighted by Crippen LogP contribution is 2.52. The number of hydrogen-bond acceptors (Lipinski definition) is 5. The zero-order valence-corrected chi connectivity index (χ0v) is 15.4. The second kappa shape index (κ2) is 6.78. The van der Waals surface area contributed by atoms with E-state index in [4.69, 9.17) is 4.74 Å². The number of aryl methyl sites for hydroxylation is 1. The predicted octanol–water partition coefficient (Wildman–Crippen LogP) is 3.23. The Bertz CT molecular complexity index is 725. The highest BCUT2D eigenvalue weighted by atomic mass is 32.1. The summed E-state index contributed by atoms with van der Waals surface area (Å²) in [5, 5.41) is 12.8. The van der Waals surface area contributed by atoms with Crippen LogP contribution < -0.4 is 5.32 Å². The summed E-state index contributed by atoms with van der Waals surface area (Å²) in [5.74, 6) is -2.56. The van der Waals surface area contributed by atoms with Gasteiger partial charge in [0.05, 0.1) is 24.0 Å². The minimum absolute atomic E-state index is 0.0922. The van der Waals surface area contributed by atoms with E-state index in [1.807, 2.05) is 13.8 Å². The normalized spacial score (nSPS) is 27.3. The Kier molecular flexibility index (Phi) is 4.86. The number of carboxylic acids is 1. The van der Waals surface area contributed by atoms with Crippen LogP contribution in [0.25, 0.3) is 0 Å². The van der Waals surface area contributed by atoms with E-state index in [1.54, 1.807) is 6.92 Å². The number of aliphatic carboxylic acids is 1. The molecule has 4 atom stereocenters. The molecule has 6 nitrogen and oxygen atoms in total. The number of amides is 1. The van der Waals surface area contributed by atoms with Gasteiger partial charge in [-0.05, 0) is 57.4 Å². The molecule has 2 saturated carbocycles.